The Labute approximate surface area is 159 Å². The van der Waals surface area contributed by atoms with E-state index in [0.717, 1.165) is 37.1 Å². The zero-order valence-corrected chi connectivity index (χ0v) is 16.2. The first-order valence-corrected chi connectivity index (χ1v) is 9.61. The summed E-state index contributed by atoms with van der Waals surface area (Å²) < 4.78 is 7.08. The van der Waals surface area contributed by atoms with Gasteiger partial charge >= 0.3 is 6.03 Å². The van der Waals surface area contributed by atoms with Gasteiger partial charge < -0.3 is 15.0 Å². The molecule has 1 aromatic carbocycles. The Morgan fingerprint density at radius 1 is 1.19 bits per heavy atom. The first-order valence-electron chi connectivity index (χ1n) is 9.61. The largest absolute Gasteiger partial charge is 0.378 e. The number of rotatable bonds is 4. The first kappa shape index (κ1) is 18.0. The number of urea groups is 1. The molecule has 2 aliphatic heterocycles. The van der Waals surface area contributed by atoms with Gasteiger partial charge in [-0.05, 0) is 62.8 Å². The Balaban J connectivity index is 1.43. The Kier molecular flexibility index (Phi) is 4.86. The fourth-order valence-electron chi connectivity index (χ4n) is 4.41. The van der Waals surface area contributed by atoms with Gasteiger partial charge in [-0.2, -0.15) is 0 Å². The van der Waals surface area contributed by atoms with Crippen molar-refractivity contribution >= 4 is 11.7 Å². The van der Waals surface area contributed by atoms with Crippen LogP contribution in [0.15, 0.2) is 24.4 Å². The summed E-state index contributed by atoms with van der Waals surface area (Å²) in [6, 6.07) is 6.89. The molecule has 3 heterocycles. The number of amides is 2. The molecule has 7 heteroatoms. The van der Waals surface area contributed by atoms with Crippen molar-refractivity contribution in [2.45, 2.75) is 64.3 Å². The van der Waals surface area contributed by atoms with Crippen LogP contribution in [0, 0.1) is 13.8 Å². The van der Waals surface area contributed by atoms with Crippen molar-refractivity contribution in [1.29, 1.82) is 0 Å². The van der Waals surface area contributed by atoms with Gasteiger partial charge in [0.1, 0.15) is 5.69 Å². The van der Waals surface area contributed by atoms with Crippen molar-refractivity contribution in [3.05, 3.63) is 41.2 Å². The third-order valence-electron chi connectivity index (χ3n) is 5.92. The number of benzene rings is 1. The summed E-state index contributed by atoms with van der Waals surface area (Å²) in [7, 11) is 1.66. The summed E-state index contributed by atoms with van der Waals surface area (Å²) in [6.45, 7) is 4.62. The Morgan fingerprint density at radius 2 is 1.93 bits per heavy atom. The monoisotopic (exact) mass is 369 g/mol. The van der Waals surface area contributed by atoms with Gasteiger partial charge in [0.25, 0.3) is 0 Å². The number of nitrogens with zero attached hydrogens (tertiary/aromatic N) is 4. The number of hydrogen-bond donors (Lipinski definition) is 1. The number of carbonyl (C=O) groups is 1. The molecular weight excluding hydrogens is 342 g/mol. The van der Waals surface area contributed by atoms with E-state index in [0.29, 0.717) is 12.6 Å². The zero-order chi connectivity index (χ0) is 19.0. The molecule has 2 fully saturated rings. The molecular formula is C20H27N5O2. The van der Waals surface area contributed by atoms with Gasteiger partial charge in [-0.1, -0.05) is 11.3 Å². The van der Waals surface area contributed by atoms with Crippen molar-refractivity contribution in [2.24, 2.45) is 0 Å². The van der Waals surface area contributed by atoms with Crippen molar-refractivity contribution in [2.75, 3.05) is 12.4 Å². The second-order valence-electron chi connectivity index (χ2n) is 7.77. The summed E-state index contributed by atoms with van der Waals surface area (Å²) in [5, 5.41) is 11.5. The highest BCUT2D eigenvalue weighted by Crippen LogP contribution is 2.40. The number of aryl methyl sites for hydroxylation is 2. The van der Waals surface area contributed by atoms with E-state index < -0.39 is 0 Å². The van der Waals surface area contributed by atoms with Crippen molar-refractivity contribution in [3.63, 3.8) is 0 Å². The molecule has 2 saturated heterocycles. The molecule has 7 nitrogen and oxygen atoms in total. The number of piperidine rings is 1. The third-order valence-corrected chi connectivity index (χ3v) is 5.92. The molecule has 1 aromatic heterocycles. The van der Waals surface area contributed by atoms with Crippen molar-refractivity contribution < 1.29 is 9.53 Å². The standard InChI is InChI=1S/C20H27N5O2/c1-13-4-5-15(8-14(13)2)21-20(26)25-17-6-7-18(25)10-19(9-17)24-11-16(12-27-3)22-23-24/h4-5,8,11,17-19H,6-7,9-10,12H2,1-3H3,(H,21,26). The maximum Gasteiger partial charge on any atom is 0.322 e. The van der Waals surface area contributed by atoms with Gasteiger partial charge in [-0.3, -0.25) is 0 Å². The zero-order valence-electron chi connectivity index (χ0n) is 16.2. The first-order chi connectivity index (χ1) is 13.0. The van der Waals surface area contributed by atoms with Crippen LogP contribution in [0.1, 0.15) is 48.5 Å². The summed E-state index contributed by atoms with van der Waals surface area (Å²) in [5.41, 5.74) is 4.13. The minimum absolute atomic E-state index is 0.0165. The predicted molar refractivity (Wildman–Crippen MR) is 103 cm³/mol. The lowest BCUT2D eigenvalue weighted by atomic mass is 9.98. The lowest BCUT2D eigenvalue weighted by molar-refractivity contribution is 0.129. The minimum Gasteiger partial charge on any atom is -0.378 e. The number of anilines is 1. The molecule has 2 bridgehead atoms. The van der Waals surface area contributed by atoms with Crippen LogP contribution in [0.3, 0.4) is 0 Å². The van der Waals surface area contributed by atoms with Gasteiger partial charge in [-0.25, -0.2) is 9.48 Å². The lowest BCUT2D eigenvalue weighted by Gasteiger charge is -2.38. The van der Waals surface area contributed by atoms with Gasteiger partial charge in [0.05, 0.1) is 18.8 Å². The molecule has 27 heavy (non-hydrogen) atoms. The second-order valence-corrected chi connectivity index (χ2v) is 7.77. The van der Waals surface area contributed by atoms with Gasteiger partial charge in [-0.15, -0.1) is 5.10 Å². The van der Waals surface area contributed by atoms with Gasteiger partial charge in [0.2, 0.25) is 0 Å². The molecule has 2 unspecified atom stereocenters. The van der Waals surface area contributed by atoms with Crippen LogP contribution in [0.2, 0.25) is 0 Å². The maximum absolute atomic E-state index is 12.9. The van der Waals surface area contributed by atoms with Crippen LogP contribution in [-0.2, 0) is 11.3 Å². The third kappa shape index (κ3) is 3.56. The van der Waals surface area contributed by atoms with E-state index in [2.05, 4.69) is 34.4 Å². The highest BCUT2D eigenvalue weighted by molar-refractivity contribution is 5.90. The normalized spacial score (nSPS) is 24.3. The summed E-state index contributed by atoms with van der Waals surface area (Å²) >= 11 is 0. The molecule has 1 N–H and O–H groups in total. The van der Waals surface area contributed by atoms with E-state index in [4.69, 9.17) is 4.74 Å². The molecule has 0 saturated carbocycles. The summed E-state index contributed by atoms with van der Waals surface area (Å²) in [5.74, 6) is 0. The Bertz CT molecular complexity index is 820. The number of fused-ring (bicyclic) bond motifs is 2. The van der Waals surface area contributed by atoms with Crippen LogP contribution in [0.4, 0.5) is 10.5 Å². The summed E-state index contributed by atoms with van der Waals surface area (Å²) in [4.78, 5) is 15.0. The fourth-order valence-corrected chi connectivity index (χ4v) is 4.41. The number of nitrogens with one attached hydrogen (secondary N) is 1. The lowest BCUT2D eigenvalue weighted by Crippen LogP contribution is -2.48. The van der Waals surface area contributed by atoms with Crippen molar-refractivity contribution in [1.82, 2.24) is 19.9 Å². The summed E-state index contributed by atoms with van der Waals surface area (Å²) in [6.07, 6.45) is 5.93. The highest BCUT2D eigenvalue weighted by Gasteiger charge is 2.44. The predicted octanol–water partition coefficient (Wildman–Crippen LogP) is 3.44. The average molecular weight is 369 g/mol. The van der Waals surface area contributed by atoms with Crippen molar-refractivity contribution in [3.8, 4) is 0 Å². The van der Waals surface area contributed by atoms with Crippen LogP contribution in [0.5, 0.6) is 0 Å². The van der Waals surface area contributed by atoms with E-state index in [1.165, 1.54) is 11.1 Å². The smallest absolute Gasteiger partial charge is 0.322 e. The fraction of sp³-hybridized carbons (Fsp3) is 0.550. The minimum atomic E-state index is 0.0165. The topological polar surface area (TPSA) is 72.3 Å². The maximum atomic E-state index is 12.9. The average Bonchev–Trinajstić information content (AvgIpc) is 3.21. The molecule has 0 aliphatic carbocycles. The van der Waals surface area contributed by atoms with Crippen LogP contribution in [0.25, 0.3) is 0 Å². The van der Waals surface area contributed by atoms with Crippen LogP contribution in [-0.4, -0.2) is 45.1 Å². The van der Waals surface area contributed by atoms with E-state index in [9.17, 15) is 4.79 Å². The van der Waals surface area contributed by atoms with Gasteiger partial charge in [0.15, 0.2) is 0 Å². The van der Waals surface area contributed by atoms with E-state index in [1.54, 1.807) is 7.11 Å². The van der Waals surface area contributed by atoms with E-state index in [-0.39, 0.29) is 18.1 Å². The molecule has 2 atom stereocenters. The van der Waals surface area contributed by atoms with Gasteiger partial charge in [0, 0.05) is 24.9 Å². The number of ether oxygens (including phenoxy) is 1. The Hall–Kier alpha value is -2.41. The number of methoxy groups -OCH3 is 1. The molecule has 4 rings (SSSR count). The number of carbonyl (C=O) groups excluding carboxylic acids is 1. The molecule has 0 radical (unpaired) electrons. The van der Waals surface area contributed by atoms with Crippen LogP contribution >= 0.6 is 0 Å². The molecule has 2 aliphatic rings. The van der Waals surface area contributed by atoms with Crippen LogP contribution < -0.4 is 5.32 Å². The molecule has 144 valence electrons. The molecule has 0 spiro atoms. The van der Waals surface area contributed by atoms with E-state index in [1.807, 2.05) is 29.1 Å². The van der Waals surface area contributed by atoms with E-state index >= 15 is 0 Å². The number of aromatic nitrogens is 3. The number of hydrogen-bond acceptors (Lipinski definition) is 4. The molecule has 2 amide bonds. The molecule has 2 aromatic rings. The Morgan fingerprint density at radius 3 is 2.59 bits per heavy atom. The second kappa shape index (κ2) is 7.31. The highest BCUT2D eigenvalue weighted by atomic mass is 16.5. The quantitative estimate of drug-likeness (QED) is 0.896. The SMILES string of the molecule is COCc1cn(C2CC3CCC(C2)N3C(=O)Nc2ccc(C)c(C)c2)nn1.